The second-order valence-electron chi connectivity index (χ2n) is 5.82. The van der Waals surface area contributed by atoms with Gasteiger partial charge in [-0.2, -0.15) is 0 Å². The topological polar surface area (TPSA) is 41.1 Å². The lowest BCUT2D eigenvalue weighted by atomic mass is 9.87. The van der Waals surface area contributed by atoms with E-state index in [1.165, 1.54) is 12.8 Å². The Bertz CT molecular complexity index is 450. The molecule has 0 radical (unpaired) electrons. The summed E-state index contributed by atoms with van der Waals surface area (Å²) >= 11 is 0. The number of nitrogens with one attached hydrogen (secondary N) is 2. The Morgan fingerprint density at radius 3 is 2.53 bits per heavy atom. The molecule has 3 nitrogen and oxygen atoms in total. The lowest BCUT2D eigenvalue weighted by Crippen LogP contribution is -2.31. The molecule has 2 N–H and O–H groups in total. The first-order chi connectivity index (χ1) is 9.07. The summed E-state index contributed by atoms with van der Waals surface area (Å²) in [7, 11) is 1.93. The van der Waals surface area contributed by atoms with Crippen LogP contribution in [0.1, 0.15) is 51.1 Å². The molecule has 1 aromatic carbocycles. The van der Waals surface area contributed by atoms with Crippen LogP contribution in [0.2, 0.25) is 0 Å². The van der Waals surface area contributed by atoms with Crippen LogP contribution in [0.5, 0.6) is 0 Å². The van der Waals surface area contributed by atoms with Gasteiger partial charge in [0, 0.05) is 17.1 Å². The van der Waals surface area contributed by atoms with E-state index in [4.69, 9.17) is 0 Å². The van der Waals surface area contributed by atoms with Gasteiger partial charge < -0.3 is 10.6 Å². The van der Waals surface area contributed by atoms with Crippen LogP contribution in [0.15, 0.2) is 24.3 Å². The van der Waals surface area contributed by atoms with Gasteiger partial charge in [-0.05, 0) is 38.4 Å². The largest absolute Gasteiger partial charge is 0.325 e. The molecule has 1 fully saturated rings. The summed E-state index contributed by atoms with van der Waals surface area (Å²) in [6.45, 7) is 4.18. The highest BCUT2D eigenvalue weighted by Gasteiger charge is 2.36. The predicted molar refractivity (Wildman–Crippen MR) is 79.1 cm³/mol. The van der Waals surface area contributed by atoms with Crippen LogP contribution in [0, 0.1) is 5.41 Å². The molecule has 3 heteroatoms. The van der Waals surface area contributed by atoms with Gasteiger partial charge in [0.05, 0.1) is 0 Å². The Labute approximate surface area is 115 Å². The van der Waals surface area contributed by atoms with Crippen LogP contribution >= 0.6 is 0 Å². The number of hydrogen-bond donors (Lipinski definition) is 2. The van der Waals surface area contributed by atoms with Crippen molar-refractivity contribution >= 4 is 11.6 Å². The van der Waals surface area contributed by atoms with Crippen molar-refractivity contribution in [2.75, 3.05) is 12.4 Å². The molecule has 0 spiro atoms. The minimum atomic E-state index is -0.185. The number of carbonyl (C=O) groups excluding carboxylic acids is 1. The van der Waals surface area contributed by atoms with E-state index in [9.17, 15) is 4.79 Å². The first-order valence-electron chi connectivity index (χ1n) is 7.14. The number of para-hydroxylation sites is 1. The average molecular weight is 260 g/mol. The van der Waals surface area contributed by atoms with E-state index in [2.05, 4.69) is 30.5 Å². The van der Waals surface area contributed by atoms with Gasteiger partial charge in [0.1, 0.15) is 0 Å². The van der Waals surface area contributed by atoms with Crippen molar-refractivity contribution in [3.8, 4) is 0 Å². The van der Waals surface area contributed by atoms with Crippen LogP contribution in [0.3, 0.4) is 0 Å². The maximum atomic E-state index is 12.5. The summed E-state index contributed by atoms with van der Waals surface area (Å²) in [6.07, 6.45) is 4.34. The van der Waals surface area contributed by atoms with Gasteiger partial charge in [-0.3, -0.25) is 4.79 Å². The van der Waals surface area contributed by atoms with Gasteiger partial charge >= 0.3 is 0 Å². The van der Waals surface area contributed by atoms with Crippen molar-refractivity contribution in [2.24, 2.45) is 5.41 Å². The maximum absolute atomic E-state index is 12.5. The fraction of sp³-hybridized carbons (Fsp3) is 0.562. The van der Waals surface area contributed by atoms with Crippen molar-refractivity contribution in [3.05, 3.63) is 29.8 Å². The molecule has 1 amide bonds. The molecule has 0 aliphatic heterocycles. The molecule has 104 valence electrons. The maximum Gasteiger partial charge on any atom is 0.230 e. The molecular formula is C16H24N2O. The van der Waals surface area contributed by atoms with Crippen molar-refractivity contribution < 1.29 is 4.79 Å². The normalized spacial score (nSPS) is 19.1. The Balaban J connectivity index is 2.17. The summed E-state index contributed by atoms with van der Waals surface area (Å²) in [5.41, 5.74) is 1.89. The highest BCUT2D eigenvalue weighted by molar-refractivity contribution is 5.95. The fourth-order valence-electron chi connectivity index (χ4n) is 2.80. The molecule has 1 saturated carbocycles. The third-order valence-electron chi connectivity index (χ3n) is 4.36. The SMILES string of the molecule is CNC(C)c1ccccc1NC(=O)C1(C)CCCC1. The molecule has 0 heterocycles. The summed E-state index contributed by atoms with van der Waals surface area (Å²) in [4.78, 5) is 12.5. The molecule has 1 atom stereocenters. The standard InChI is InChI=1S/C16H24N2O/c1-12(17-3)13-8-4-5-9-14(13)18-15(19)16(2)10-6-7-11-16/h4-5,8-9,12,17H,6-7,10-11H2,1-3H3,(H,18,19). The molecule has 0 saturated heterocycles. The van der Waals surface area contributed by atoms with Gasteiger partial charge in [-0.15, -0.1) is 0 Å². The van der Waals surface area contributed by atoms with E-state index in [1.807, 2.05) is 25.2 Å². The van der Waals surface area contributed by atoms with Crippen molar-refractivity contribution in [3.63, 3.8) is 0 Å². The van der Waals surface area contributed by atoms with Crippen LogP contribution < -0.4 is 10.6 Å². The Kier molecular flexibility index (Phi) is 4.25. The molecular weight excluding hydrogens is 236 g/mol. The highest BCUT2D eigenvalue weighted by atomic mass is 16.2. The summed E-state index contributed by atoms with van der Waals surface area (Å²) in [5, 5.41) is 6.35. The van der Waals surface area contributed by atoms with E-state index in [0.29, 0.717) is 0 Å². The number of hydrogen-bond acceptors (Lipinski definition) is 2. The van der Waals surface area contributed by atoms with Crippen LogP contribution in [-0.4, -0.2) is 13.0 Å². The zero-order valence-corrected chi connectivity index (χ0v) is 12.1. The molecule has 19 heavy (non-hydrogen) atoms. The first kappa shape index (κ1) is 14.1. The summed E-state index contributed by atoms with van der Waals surface area (Å²) in [5.74, 6) is 0.167. The van der Waals surface area contributed by atoms with Crippen LogP contribution in [0.4, 0.5) is 5.69 Å². The number of rotatable bonds is 4. The third-order valence-corrected chi connectivity index (χ3v) is 4.36. The van der Waals surface area contributed by atoms with Crippen LogP contribution in [-0.2, 0) is 4.79 Å². The molecule has 1 aliphatic rings. The monoisotopic (exact) mass is 260 g/mol. The Morgan fingerprint density at radius 1 is 1.26 bits per heavy atom. The lowest BCUT2D eigenvalue weighted by molar-refractivity contribution is -0.124. The van der Waals surface area contributed by atoms with Gasteiger partial charge in [-0.25, -0.2) is 0 Å². The zero-order valence-electron chi connectivity index (χ0n) is 12.1. The molecule has 2 rings (SSSR count). The lowest BCUT2D eigenvalue weighted by Gasteiger charge is -2.24. The number of carbonyl (C=O) groups is 1. The summed E-state index contributed by atoms with van der Waals surface area (Å²) < 4.78 is 0. The number of anilines is 1. The average Bonchev–Trinajstić information content (AvgIpc) is 2.87. The molecule has 1 aromatic rings. The second-order valence-corrected chi connectivity index (χ2v) is 5.82. The highest BCUT2D eigenvalue weighted by Crippen LogP contribution is 2.38. The van der Waals surface area contributed by atoms with Gasteiger partial charge in [0.25, 0.3) is 0 Å². The number of benzene rings is 1. The second kappa shape index (κ2) is 5.74. The van der Waals surface area contributed by atoms with Crippen LogP contribution in [0.25, 0.3) is 0 Å². The van der Waals surface area contributed by atoms with Crippen molar-refractivity contribution in [1.29, 1.82) is 0 Å². The first-order valence-corrected chi connectivity index (χ1v) is 7.14. The third kappa shape index (κ3) is 2.98. The molecule has 0 bridgehead atoms. The summed E-state index contributed by atoms with van der Waals surface area (Å²) in [6, 6.07) is 8.26. The van der Waals surface area contributed by atoms with Gasteiger partial charge in [0.2, 0.25) is 5.91 Å². The van der Waals surface area contributed by atoms with E-state index < -0.39 is 0 Å². The number of amides is 1. The quantitative estimate of drug-likeness (QED) is 0.870. The van der Waals surface area contributed by atoms with E-state index in [1.54, 1.807) is 0 Å². The van der Waals surface area contributed by atoms with E-state index in [0.717, 1.165) is 24.1 Å². The van der Waals surface area contributed by atoms with Crippen molar-refractivity contribution in [1.82, 2.24) is 5.32 Å². The van der Waals surface area contributed by atoms with Crippen molar-refractivity contribution in [2.45, 2.75) is 45.6 Å². The smallest absolute Gasteiger partial charge is 0.230 e. The van der Waals surface area contributed by atoms with E-state index in [-0.39, 0.29) is 17.4 Å². The van der Waals surface area contributed by atoms with E-state index >= 15 is 0 Å². The van der Waals surface area contributed by atoms with Gasteiger partial charge in [-0.1, -0.05) is 38.0 Å². The zero-order chi connectivity index (χ0) is 13.9. The predicted octanol–water partition coefficient (Wildman–Crippen LogP) is 3.49. The molecule has 1 unspecified atom stereocenters. The minimum absolute atomic E-state index is 0.167. The molecule has 1 aliphatic carbocycles. The fourth-order valence-corrected chi connectivity index (χ4v) is 2.80. The Morgan fingerprint density at radius 2 is 1.89 bits per heavy atom. The van der Waals surface area contributed by atoms with Gasteiger partial charge in [0.15, 0.2) is 0 Å². The Hall–Kier alpha value is -1.35. The minimum Gasteiger partial charge on any atom is -0.325 e. The molecule has 0 aromatic heterocycles.